The molecule has 0 saturated carbocycles. The lowest BCUT2D eigenvalue weighted by atomic mass is 10.2. The third-order valence-corrected chi connectivity index (χ3v) is 2.53. The monoisotopic (exact) mass is 275 g/mol. The number of anilines is 1. The van der Waals surface area contributed by atoms with E-state index in [0.29, 0.717) is 11.4 Å². The quantitative estimate of drug-likeness (QED) is 0.807. The molecule has 0 bridgehead atoms. The van der Waals surface area contributed by atoms with Gasteiger partial charge in [0, 0.05) is 12.3 Å². The molecule has 6 nitrogen and oxygen atoms in total. The van der Waals surface area contributed by atoms with E-state index in [0.717, 1.165) is 4.68 Å². The van der Waals surface area contributed by atoms with Gasteiger partial charge in [-0.2, -0.15) is 4.68 Å². The minimum atomic E-state index is -0.648. The number of para-hydroxylation sites is 2. The average Bonchev–Trinajstić information content (AvgIpc) is 2.70. The molecule has 2 rings (SSSR count). The molecule has 0 amide bonds. The molecule has 0 atom stereocenters. The molecule has 20 heavy (non-hydrogen) atoms. The average molecular weight is 275 g/mol. The highest BCUT2D eigenvalue weighted by Crippen LogP contribution is 2.16. The summed E-state index contributed by atoms with van der Waals surface area (Å²) in [4.78, 5) is 24.1. The maximum atomic E-state index is 12.1. The fraction of sp³-hybridized carbons (Fsp3) is 0.286. The van der Waals surface area contributed by atoms with Crippen molar-refractivity contribution in [2.75, 3.05) is 5.73 Å². The van der Waals surface area contributed by atoms with Crippen LogP contribution in [-0.4, -0.2) is 21.1 Å². The Morgan fingerprint density at radius 3 is 2.45 bits per heavy atom. The van der Waals surface area contributed by atoms with Crippen LogP contribution in [0, 0.1) is 0 Å². The van der Waals surface area contributed by atoms with Gasteiger partial charge in [0.25, 0.3) is 5.56 Å². The van der Waals surface area contributed by atoms with Gasteiger partial charge in [-0.05, 0) is 32.9 Å². The fourth-order valence-electron chi connectivity index (χ4n) is 1.74. The van der Waals surface area contributed by atoms with Gasteiger partial charge in [-0.15, -0.1) is 0 Å². The molecule has 1 aromatic carbocycles. The summed E-state index contributed by atoms with van der Waals surface area (Å²) in [6.45, 7) is 5.27. The Bertz CT molecular complexity index is 692. The van der Waals surface area contributed by atoms with Gasteiger partial charge in [-0.25, -0.2) is 9.48 Å². The van der Waals surface area contributed by atoms with Crippen molar-refractivity contribution < 1.29 is 9.53 Å². The topological polar surface area (TPSA) is 79.2 Å². The van der Waals surface area contributed by atoms with E-state index in [2.05, 4.69) is 0 Å². The van der Waals surface area contributed by atoms with Crippen molar-refractivity contribution in [2.24, 2.45) is 0 Å². The number of ether oxygens (including phenoxy) is 1. The highest BCUT2D eigenvalue weighted by atomic mass is 16.6. The number of nitrogens with zero attached hydrogens (tertiary/aromatic N) is 2. The highest BCUT2D eigenvalue weighted by Gasteiger charge is 2.21. The van der Waals surface area contributed by atoms with E-state index in [4.69, 9.17) is 10.5 Å². The van der Waals surface area contributed by atoms with E-state index >= 15 is 0 Å². The summed E-state index contributed by atoms with van der Waals surface area (Å²) < 4.78 is 7.56. The maximum Gasteiger partial charge on any atom is 0.434 e. The van der Waals surface area contributed by atoms with E-state index in [1.165, 1.54) is 16.9 Å². The number of hydrogen-bond acceptors (Lipinski definition) is 4. The molecule has 0 spiro atoms. The van der Waals surface area contributed by atoms with E-state index in [1.54, 1.807) is 45.0 Å². The van der Waals surface area contributed by atoms with Crippen molar-refractivity contribution in [3.8, 4) is 5.69 Å². The molecular formula is C14H17N3O3. The van der Waals surface area contributed by atoms with Crippen LogP contribution in [0.15, 0.2) is 41.3 Å². The molecular weight excluding hydrogens is 258 g/mol. The molecule has 1 aromatic heterocycles. The van der Waals surface area contributed by atoms with Gasteiger partial charge < -0.3 is 10.5 Å². The molecule has 0 fully saturated rings. The molecule has 0 radical (unpaired) electrons. The van der Waals surface area contributed by atoms with Gasteiger partial charge in [-0.3, -0.25) is 4.79 Å². The number of aromatic nitrogens is 2. The Balaban J connectivity index is 2.51. The number of benzene rings is 1. The van der Waals surface area contributed by atoms with E-state index in [9.17, 15) is 9.59 Å². The van der Waals surface area contributed by atoms with E-state index < -0.39 is 11.7 Å². The van der Waals surface area contributed by atoms with Crippen LogP contribution in [0.5, 0.6) is 0 Å². The molecule has 6 heteroatoms. The summed E-state index contributed by atoms with van der Waals surface area (Å²) in [5.74, 6) is 0. The van der Waals surface area contributed by atoms with Gasteiger partial charge in [0.15, 0.2) is 0 Å². The SMILES string of the molecule is CC(C)(C)OC(=O)n1ccc(=O)n1-c1ccccc1N. The second-order valence-corrected chi connectivity index (χ2v) is 5.35. The number of rotatable bonds is 1. The zero-order valence-corrected chi connectivity index (χ0v) is 11.7. The Kier molecular flexibility index (Phi) is 3.40. The Hall–Kier alpha value is -2.50. The highest BCUT2D eigenvalue weighted by molar-refractivity contribution is 5.71. The minimum absolute atomic E-state index is 0.353. The molecule has 2 N–H and O–H groups in total. The first kappa shape index (κ1) is 13.9. The predicted octanol–water partition coefficient (Wildman–Crippen LogP) is 2.00. The number of carbonyl (C=O) groups excluding carboxylic acids is 1. The molecule has 0 saturated heterocycles. The molecule has 106 valence electrons. The first-order chi connectivity index (χ1) is 9.29. The van der Waals surface area contributed by atoms with Crippen LogP contribution < -0.4 is 11.3 Å². The number of hydrogen-bond donors (Lipinski definition) is 1. The summed E-state index contributed by atoms with van der Waals surface area (Å²) in [6, 6.07) is 8.11. The first-order valence-electron chi connectivity index (χ1n) is 6.18. The maximum absolute atomic E-state index is 12.1. The van der Waals surface area contributed by atoms with Crippen LogP contribution in [0.25, 0.3) is 5.69 Å². The lowest BCUT2D eigenvalue weighted by molar-refractivity contribution is 0.0501. The van der Waals surface area contributed by atoms with Crippen LogP contribution in [0.1, 0.15) is 20.8 Å². The lowest BCUT2D eigenvalue weighted by Crippen LogP contribution is -2.32. The van der Waals surface area contributed by atoms with Crippen molar-refractivity contribution in [3.05, 3.63) is 46.9 Å². The predicted molar refractivity (Wildman–Crippen MR) is 76.1 cm³/mol. The molecule has 2 aromatic rings. The van der Waals surface area contributed by atoms with Crippen molar-refractivity contribution in [1.29, 1.82) is 0 Å². The van der Waals surface area contributed by atoms with Gasteiger partial charge in [-0.1, -0.05) is 12.1 Å². The van der Waals surface area contributed by atoms with E-state index in [-0.39, 0.29) is 5.56 Å². The number of carbonyl (C=O) groups is 1. The number of nitrogen functional groups attached to an aromatic ring is 1. The Morgan fingerprint density at radius 2 is 1.85 bits per heavy atom. The van der Waals surface area contributed by atoms with Gasteiger partial charge in [0.1, 0.15) is 5.60 Å². The Morgan fingerprint density at radius 1 is 1.20 bits per heavy atom. The van der Waals surface area contributed by atoms with Crippen LogP contribution in [0.2, 0.25) is 0 Å². The minimum Gasteiger partial charge on any atom is -0.442 e. The zero-order valence-electron chi connectivity index (χ0n) is 11.7. The third kappa shape index (κ3) is 2.74. The molecule has 1 heterocycles. The third-order valence-electron chi connectivity index (χ3n) is 2.53. The smallest absolute Gasteiger partial charge is 0.434 e. The zero-order chi connectivity index (χ0) is 14.9. The second kappa shape index (κ2) is 4.88. The van der Waals surface area contributed by atoms with Crippen molar-refractivity contribution in [1.82, 2.24) is 9.36 Å². The summed E-state index contributed by atoms with van der Waals surface area (Å²) >= 11 is 0. The van der Waals surface area contributed by atoms with Gasteiger partial charge >= 0.3 is 6.09 Å². The van der Waals surface area contributed by atoms with Gasteiger partial charge in [0.2, 0.25) is 0 Å². The fourth-order valence-corrected chi connectivity index (χ4v) is 1.74. The molecule has 0 unspecified atom stereocenters. The first-order valence-corrected chi connectivity index (χ1v) is 6.18. The van der Waals surface area contributed by atoms with Crippen LogP contribution in [0.3, 0.4) is 0 Å². The molecule has 0 aliphatic heterocycles. The van der Waals surface area contributed by atoms with Crippen LogP contribution >= 0.6 is 0 Å². The van der Waals surface area contributed by atoms with Crippen molar-refractivity contribution in [3.63, 3.8) is 0 Å². The summed E-state index contributed by atoms with van der Waals surface area (Å²) in [5.41, 5.74) is 5.69. The molecule has 0 aliphatic carbocycles. The standard InChI is InChI=1S/C14H17N3O3/c1-14(2,3)20-13(19)16-9-8-12(18)17(16)11-7-5-4-6-10(11)15/h4-9H,15H2,1-3H3. The molecule has 0 aliphatic rings. The second-order valence-electron chi connectivity index (χ2n) is 5.35. The summed E-state index contributed by atoms with van der Waals surface area (Å²) in [5, 5.41) is 0. The van der Waals surface area contributed by atoms with Gasteiger partial charge in [0.05, 0.1) is 11.4 Å². The number of nitrogens with two attached hydrogens (primary N) is 1. The summed E-state index contributed by atoms with van der Waals surface area (Å²) in [7, 11) is 0. The van der Waals surface area contributed by atoms with Crippen molar-refractivity contribution in [2.45, 2.75) is 26.4 Å². The normalized spacial score (nSPS) is 11.3. The lowest BCUT2D eigenvalue weighted by Gasteiger charge is -2.21. The Labute approximate surface area is 116 Å². The van der Waals surface area contributed by atoms with Crippen LogP contribution in [-0.2, 0) is 4.74 Å². The van der Waals surface area contributed by atoms with Crippen molar-refractivity contribution >= 4 is 11.8 Å². The van der Waals surface area contributed by atoms with E-state index in [1.807, 2.05) is 0 Å². The largest absolute Gasteiger partial charge is 0.442 e. The summed E-state index contributed by atoms with van der Waals surface area (Å²) in [6.07, 6.45) is 0.728. The van der Waals surface area contributed by atoms with Crippen LogP contribution in [0.4, 0.5) is 10.5 Å².